The fourth-order valence-electron chi connectivity index (χ4n) is 9.45. The molecule has 462 valence electrons. The van der Waals surface area contributed by atoms with Gasteiger partial charge in [0, 0.05) is 0 Å². The molecule has 0 unspecified atom stereocenters. The molecule has 8 aromatic rings. The Hall–Kier alpha value is -5.04. The molecular formula is C72H78O8S8. The summed E-state index contributed by atoms with van der Waals surface area (Å²) in [7, 11) is 0. The molecule has 8 nitrogen and oxygen atoms in total. The third-order valence-electron chi connectivity index (χ3n) is 13.4. The molecule has 10 rings (SSSR count). The lowest BCUT2D eigenvalue weighted by Crippen LogP contribution is -2.03. The summed E-state index contributed by atoms with van der Waals surface area (Å²) in [5.41, 5.74) is 2.03. The fraction of sp³-hybridized carbons (Fsp3) is 0.333. The van der Waals surface area contributed by atoms with Crippen LogP contribution in [0.5, 0.6) is 46.0 Å². The first-order valence-electron chi connectivity index (χ1n) is 30.9. The van der Waals surface area contributed by atoms with Gasteiger partial charge in [-0.25, -0.2) is 0 Å². The van der Waals surface area contributed by atoms with E-state index in [9.17, 15) is 0 Å². The van der Waals surface area contributed by atoms with E-state index in [-0.39, 0.29) is 0 Å². The lowest BCUT2D eigenvalue weighted by atomic mass is 10.1. The zero-order valence-corrected chi connectivity index (χ0v) is 58.1. The van der Waals surface area contributed by atoms with Crippen LogP contribution in [-0.2, 0) is 0 Å². The van der Waals surface area contributed by atoms with Crippen molar-refractivity contribution >= 4 is 94.1 Å². The smallest absolute Gasteiger partial charge is 0.147 e. The first kappa shape index (κ1) is 65.9. The molecule has 2 aliphatic rings. The quantitative estimate of drug-likeness (QED) is 0.0545. The Morgan fingerprint density at radius 1 is 0.193 bits per heavy atom. The van der Waals surface area contributed by atoms with E-state index in [0.717, 1.165) is 187 Å². The van der Waals surface area contributed by atoms with Gasteiger partial charge in [-0.2, -0.15) is 0 Å². The van der Waals surface area contributed by atoms with Crippen LogP contribution in [0, 0.1) is 0 Å². The van der Waals surface area contributed by atoms with Gasteiger partial charge in [0.1, 0.15) is 46.0 Å². The van der Waals surface area contributed by atoms with Gasteiger partial charge in [0.2, 0.25) is 0 Å². The van der Waals surface area contributed by atoms with Crippen LogP contribution >= 0.6 is 94.1 Å². The van der Waals surface area contributed by atoms with Crippen LogP contribution in [0.1, 0.15) is 107 Å². The molecule has 0 aromatic heterocycles. The van der Waals surface area contributed by atoms with Crippen LogP contribution in [0.25, 0.3) is 11.1 Å². The molecule has 0 amide bonds. The topological polar surface area (TPSA) is 73.8 Å². The van der Waals surface area contributed by atoms with Crippen molar-refractivity contribution in [1.29, 1.82) is 0 Å². The summed E-state index contributed by atoms with van der Waals surface area (Å²) in [5.74, 6) is 6.69. The Kier molecular flexibility index (Phi) is 25.0. The van der Waals surface area contributed by atoms with Crippen molar-refractivity contribution in [2.75, 3.05) is 52.9 Å². The molecule has 16 heteroatoms. The van der Waals surface area contributed by atoms with E-state index in [0.29, 0.717) is 52.9 Å². The molecule has 88 heavy (non-hydrogen) atoms. The molecule has 0 saturated carbocycles. The molecule has 0 N–H and O–H groups in total. The van der Waals surface area contributed by atoms with E-state index in [1.54, 1.807) is 94.1 Å². The van der Waals surface area contributed by atoms with E-state index in [1.165, 1.54) is 0 Å². The number of benzene rings is 8. The van der Waals surface area contributed by atoms with Gasteiger partial charge in [-0.1, -0.05) is 186 Å². The highest BCUT2D eigenvalue weighted by Crippen LogP contribution is 2.58. The Morgan fingerprint density at radius 2 is 0.318 bits per heavy atom. The minimum atomic E-state index is 0.530. The van der Waals surface area contributed by atoms with E-state index >= 15 is 0 Å². The van der Waals surface area contributed by atoms with Gasteiger partial charge in [-0.3, -0.25) is 0 Å². The molecule has 0 saturated heterocycles. The highest BCUT2D eigenvalue weighted by molar-refractivity contribution is 8.02. The number of fused-ring (bicyclic) bond motifs is 16. The molecule has 8 aromatic carbocycles. The average Bonchev–Trinajstić information content (AvgIpc) is 1.64. The number of para-hydroxylation sites is 6. The predicted molar refractivity (Wildman–Crippen MR) is 370 cm³/mol. The second-order valence-electron chi connectivity index (χ2n) is 20.7. The maximum absolute atomic E-state index is 7.07. The standard InChI is InChI=1S/C72H78O8S8/c1-9-35-73-65-49-23-17-24-50(65)82-54-28-20-32-58(68(54)76-38-12-4)86-62-44-47(43-61(71(62)79-41-15-7)85-57-31-19-27-53(81-49)67(57)75-37-11-3)48-45-63-72(80-42-16-8)64(46-48)88-60-34-22-30-56(70(60)78-40-14-6)84-52-26-18-25-51(66(52)74-36-10-2)83-55-29-21-33-59(87-63)69(55)77-39-13-5/h17-34,43-46H,9-16,35-42H2,1-8H3. The van der Waals surface area contributed by atoms with Crippen molar-refractivity contribution in [2.45, 2.75) is 185 Å². The van der Waals surface area contributed by atoms with Crippen LogP contribution in [0.4, 0.5) is 0 Å². The zero-order chi connectivity index (χ0) is 61.2. The average molecular weight is 1330 g/mol. The maximum atomic E-state index is 7.07. The fourth-order valence-corrected chi connectivity index (χ4v) is 18.5. The molecule has 0 radical (unpaired) electrons. The molecule has 0 aliphatic carbocycles. The van der Waals surface area contributed by atoms with Crippen LogP contribution in [0.3, 0.4) is 0 Å². The molecule has 2 heterocycles. The minimum Gasteiger partial charge on any atom is -0.491 e. The van der Waals surface area contributed by atoms with Crippen molar-refractivity contribution in [1.82, 2.24) is 0 Å². The van der Waals surface area contributed by atoms with Crippen molar-refractivity contribution < 1.29 is 37.9 Å². The predicted octanol–water partition coefficient (Wildman–Crippen LogP) is 23.5. The first-order chi connectivity index (χ1) is 43.3. The summed E-state index contributed by atoms with van der Waals surface area (Å²) in [5, 5.41) is 0. The van der Waals surface area contributed by atoms with Gasteiger partial charge < -0.3 is 37.9 Å². The van der Waals surface area contributed by atoms with Crippen LogP contribution in [0.2, 0.25) is 0 Å². The van der Waals surface area contributed by atoms with Crippen molar-refractivity contribution in [3.63, 3.8) is 0 Å². The van der Waals surface area contributed by atoms with Gasteiger partial charge >= 0.3 is 0 Å². The van der Waals surface area contributed by atoms with Crippen LogP contribution < -0.4 is 37.9 Å². The lowest BCUT2D eigenvalue weighted by molar-refractivity contribution is 0.299. The van der Waals surface area contributed by atoms with Gasteiger partial charge in [0.25, 0.3) is 0 Å². The van der Waals surface area contributed by atoms with Crippen molar-refractivity contribution in [3.8, 4) is 57.1 Å². The Morgan fingerprint density at radius 3 is 0.455 bits per heavy atom. The minimum absolute atomic E-state index is 0.530. The van der Waals surface area contributed by atoms with E-state index in [1.807, 2.05) is 0 Å². The second-order valence-corrected chi connectivity index (χ2v) is 29.4. The molecular weight excluding hydrogens is 1250 g/mol. The van der Waals surface area contributed by atoms with Gasteiger partial charge in [-0.05, 0) is 160 Å². The normalized spacial score (nSPS) is 12.7. The third-order valence-corrected chi connectivity index (χ3v) is 22.0. The summed E-state index contributed by atoms with van der Waals surface area (Å²) >= 11 is 13.5. The van der Waals surface area contributed by atoms with E-state index < -0.39 is 0 Å². The van der Waals surface area contributed by atoms with Crippen molar-refractivity contribution in [2.24, 2.45) is 0 Å². The van der Waals surface area contributed by atoms with Crippen LogP contribution in [0.15, 0.2) is 212 Å². The third kappa shape index (κ3) is 16.2. The number of hydrogen-bond acceptors (Lipinski definition) is 16. The Balaban J connectivity index is 1.25. The Labute approximate surface area is 555 Å². The number of hydrogen-bond donors (Lipinski definition) is 0. The largest absolute Gasteiger partial charge is 0.491 e. The summed E-state index contributed by atoms with van der Waals surface area (Å²) in [6.45, 7) is 21.7. The monoisotopic (exact) mass is 1330 g/mol. The Bertz CT molecular complexity index is 3210. The lowest BCUT2D eigenvalue weighted by Gasteiger charge is -2.23. The van der Waals surface area contributed by atoms with Gasteiger partial charge in [0.15, 0.2) is 0 Å². The molecule has 0 atom stereocenters. The zero-order valence-electron chi connectivity index (χ0n) is 51.5. The van der Waals surface area contributed by atoms with E-state index in [4.69, 9.17) is 37.9 Å². The SMILES string of the molecule is CCCOc1c2cccc1Sc1cccc(c1OCCC)Sc1cc(-c3cc4c(OCCC)c(c3)Sc3cccc(c3OCCC)Sc3cccc(c3OCCC)Sc3cccc(c3OCCC)S4)cc(c1OCCC)Sc1cccc(c1OCCC)S2. The number of ether oxygens (including phenoxy) is 8. The molecule has 0 fully saturated rings. The summed E-state index contributed by atoms with van der Waals surface area (Å²) in [4.78, 5) is 16.0. The molecule has 0 spiro atoms. The second kappa shape index (κ2) is 33.3. The van der Waals surface area contributed by atoms with E-state index in [2.05, 4.69) is 189 Å². The van der Waals surface area contributed by atoms with Gasteiger partial charge in [-0.15, -0.1) is 0 Å². The highest BCUT2D eigenvalue weighted by atomic mass is 32.2. The van der Waals surface area contributed by atoms with Crippen molar-refractivity contribution in [3.05, 3.63) is 133 Å². The first-order valence-corrected chi connectivity index (χ1v) is 37.4. The number of rotatable bonds is 25. The maximum Gasteiger partial charge on any atom is 0.147 e. The molecule has 2 aliphatic heterocycles. The summed E-state index contributed by atoms with van der Waals surface area (Å²) < 4.78 is 55.1. The van der Waals surface area contributed by atoms with Crippen LogP contribution in [-0.4, -0.2) is 52.9 Å². The summed E-state index contributed by atoms with van der Waals surface area (Å²) in [6.07, 6.45) is 6.84. The summed E-state index contributed by atoms with van der Waals surface area (Å²) in [6, 6.07) is 48.1. The highest BCUT2D eigenvalue weighted by Gasteiger charge is 2.28. The molecule has 16 bridgehead atoms. The van der Waals surface area contributed by atoms with Gasteiger partial charge in [0.05, 0.1) is 131 Å².